The van der Waals surface area contributed by atoms with Gasteiger partial charge in [-0.25, -0.2) is 8.78 Å². The molecule has 2 heterocycles. The molecule has 0 bridgehead atoms. The maximum Gasteiger partial charge on any atom is 0.147 e. The van der Waals surface area contributed by atoms with Crippen LogP contribution in [-0.4, -0.2) is 51.5 Å². The number of hydrogen-bond donors (Lipinski definition) is 2. The van der Waals surface area contributed by atoms with Crippen molar-refractivity contribution in [3.8, 4) is 56.6 Å². The third-order valence-electron chi connectivity index (χ3n) is 19.3. The van der Waals surface area contributed by atoms with Gasteiger partial charge in [-0.15, -0.1) is 47.0 Å². The molecular weight excluding hydrogens is 1210 g/mol. The monoisotopic (exact) mass is 1300 g/mol. The molecular formula is C79H92F2N2O4S4. The minimum absolute atomic E-state index is 0.00704. The van der Waals surface area contributed by atoms with Gasteiger partial charge >= 0.3 is 0 Å². The molecule has 8 aromatic carbocycles. The van der Waals surface area contributed by atoms with Crippen LogP contribution in [0.1, 0.15) is 139 Å². The molecule has 10 rings (SSSR count). The summed E-state index contributed by atoms with van der Waals surface area (Å²) in [5.41, 5.74) is 9.72. The lowest BCUT2D eigenvalue weighted by Crippen LogP contribution is -2.22. The van der Waals surface area contributed by atoms with Crippen molar-refractivity contribution < 1.29 is 28.5 Å². The highest BCUT2D eigenvalue weighted by Crippen LogP contribution is 2.51. The summed E-state index contributed by atoms with van der Waals surface area (Å²) in [6.07, 6.45) is 0.398. The van der Waals surface area contributed by atoms with E-state index < -0.39 is 11.6 Å². The van der Waals surface area contributed by atoms with Crippen LogP contribution < -0.4 is 9.47 Å². The van der Waals surface area contributed by atoms with Crippen LogP contribution in [0, 0.1) is 63.0 Å². The van der Waals surface area contributed by atoms with E-state index in [-0.39, 0.29) is 43.7 Å². The molecule has 6 nitrogen and oxygen atoms in total. The topological polar surface area (TPSA) is 68.8 Å². The summed E-state index contributed by atoms with van der Waals surface area (Å²) < 4.78 is 49.5. The highest BCUT2D eigenvalue weighted by Gasteiger charge is 2.31. The predicted octanol–water partition coefficient (Wildman–Crippen LogP) is 24.1. The molecule has 0 saturated heterocycles. The maximum absolute atomic E-state index is 15.9. The Morgan fingerprint density at radius 1 is 0.385 bits per heavy atom. The molecule has 10 aromatic rings. The second-order valence-electron chi connectivity index (χ2n) is 28.4. The molecule has 2 N–H and O–H groups in total. The molecule has 0 aliphatic carbocycles. The fourth-order valence-corrected chi connectivity index (χ4v) is 15.9. The van der Waals surface area contributed by atoms with E-state index in [9.17, 15) is 10.2 Å². The maximum atomic E-state index is 15.9. The van der Waals surface area contributed by atoms with Crippen molar-refractivity contribution >= 4 is 90.7 Å². The van der Waals surface area contributed by atoms with Crippen LogP contribution in [0.15, 0.2) is 141 Å². The SMILES string of the molecule is Cc1cc(-c2cc(F)cc(C)c2OCCCOc2c(C)cc(F)cc2-c2cc(C)cc(-n3c4cc(SC(C)(C)C(C)C)ccc4c4ccc(SC(C)(C)C(C)C)cc43)c2O)c(O)c(-n2c3cc(SC(C)(C)C(C)C)ccc3c3ccc(SC(C)(C)C(C)C)cc32)c1. The Hall–Kier alpha value is -6.18. The lowest BCUT2D eigenvalue weighted by atomic mass is 9.97. The van der Waals surface area contributed by atoms with Gasteiger partial charge in [-0.3, -0.25) is 0 Å². The molecule has 0 radical (unpaired) electrons. The lowest BCUT2D eigenvalue weighted by Gasteiger charge is -2.28. The first-order valence-corrected chi connectivity index (χ1v) is 35.4. The van der Waals surface area contributed by atoms with Gasteiger partial charge in [0.2, 0.25) is 0 Å². The molecule has 0 aliphatic heterocycles. The molecule has 2 aromatic heterocycles. The Kier molecular flexibility index (Phi) is 19.3. The van der Waals surface area contributed by atoms with Crippen molar-refractivity contribution in [1.82, 2.24) is 9.13 Å². The van der Waals surface area contributed by atoms with E-state index in [1.165, 1.54) is 24.3 Å². The number of rotatable bonds is 22. The van der Waals surface area contributed by atoms with E-state index in [4.69, 9.17) is 9.47 Å². The number of nitrogens with zero attached hydrogens (tertiary/aromatic N) is 2. The van der Waals surface area contributed by atoms with Crippen molar-refractivity contribution in [3.63, 3.8) is 0 Å². The average molecular weight is 1300 g/mol. The number of aryl methyl sites for hydroxylation is 4. The second-order valence-corrected chi connectivity index (χ2v) is 35.3. The van der Waals surface area contributed by atoms with Crippen molar-refractivity contribution in [1.29, 1.82) is 0 Å². The molecule has 91 heavy (non-hydrogen) atoms. The average Bonchev–Trinajstić information content (AvgIpc) is 1.61. The Balaban J connectivity index is 0.991. The normalized spacial score (nSPS) is 12.9. The van der Waals surface area contributed by atoms with E-state index in [1.54, 1.807) is 0 Å². The van der Waals surface area contributed by atoms with Gasteiger partial charge in [-0.2, -0.15) is 0 Å². The number of halogens is 2. The Bertz CT molecular complexity index is 3980. The van der Waals surface area contributed by atoms with Crippen molar-refractivity contribution in [2.24, 2.45) is 23.7 Å². The fourth-order valence-electron chi connectivity index (χ4n) is 11.3. The Morgan fingerprint density at radius 2 is 0.659 bits per heavy atom. The van der Waals surface area contributed by atoms with Gasteiger partial charge in [0.15, 0.2) is 0 Å². The largest absolute Gasteiger partial charge is 0.505 e. The molecule has 480 valence electrons. The van der Waals surface area contributed by atoms with Crippen LogP contribution >= 0.6 is 47.0 Å². The number of aromatic hydroxyl groups is 2. The van der Waals surface area contributed by atoms with Crippen LogP contribution in [-0.2, 0) is 0 Å². The van der Waals surface area contributed by atoms with Gasteiger partial charge < -0.3 is 28.8 Å². The molecule has 0 unspecified atom stereocenters. The van der Waals surface area contributed by atoms with E-state index in [0.717, 1.165) is 74.3 Å². The Labute approximate surface area is 556 Å². The van der Waals surface area contributed by atoms with Gasteiger partial charge in [0.25, 0.3) is 0 Å². The fraction of sp³-hybridized carbons (Fsp3) is 0.392. The van der Waals surface area contributed by atoms with Gasteiger partial charge in [-0.05, 0) is 171 Å². The second kappa shape index (κ2) is 26.0. The highest BCUT2D eigenvalue weighted by molar-refractivity contribution is 8.01. The van der Waals surface area contributed by atoms with E-state index >= 15 is 8.78 Å². The molecule has 0 amide bonds. The summed E-state index contributed by atoms with van der Waals surface area (Å²) in [6.45, 7) is 44.3. The zero-order valence-electron chi connectivity index (χ0n) is 57.0. The van der Waals surface area contributed by atoms with Gasteiger partial charge in [-0.1, -0.05) is 135 Å². The number of benzene rings is 8. The van der Waals surface area contributed by atoms with E-state index in [2.05, 4.69) is 193 Å². The number of phenols is 2. The number of hydrogen-bond acceptors (Lipinski definition) is 8. The highest BCUT2D eigenvalue weighted by atomic mass is 32.2. The summed E-state index contributed by atoms with van der Waals surface area (Å²) in [5, 5.41) is 30.0. The standard InChI is InChI=1S/C79H92F2N2O4S4/c1-44(2)76(13,14)88-54-22-26-58-59-27-23-55(89-77(15,16)45(3)4)41-67(59)82(66(58)40-54)70-34-48(9)32-62(72(70)84)64-38-52(80)36-50(11)74(64)86-30-21-31-87-75-51(12)37-53(81)39-65(75)63-33-49(10)35-71(73(63)85)83-68-42-56(90-78(17,18)46(5)6)24-28-60(68)61-29-25-57(43-69(61)83)91-79(19,20)47(7)8/h22-29,32-47,84-85H,21,30-31H2,1-20H3. The van der Waals surface area contributed by atoms with Gasteiger partial charge in [0, 0.05) is 88.8 Å². The first-order chi connectivity index (χ1) is 42.7. The number of aromatic nitrogens is 2. The van der Waals surface area contributed by atoms with E-state index in [0.29, 0.717) is 86.3 Å². The Morgan fingerprint density at radius 3 is 0.923 bits per heavy atom. The minimum atomic E-state index is -0.449. The van der Waals surface area contributed by atoms with Crippen molar-refractivity contribution in [2.75, 3.05) is 13.2 Å². The third kappa shape index (κ3) is 13.8. The van der Waals surface area contributed by atoms with Crippen molar-refractivity contribution in [2.45, 2.75) is 183 Å². The summed E-state index contributed by atoms with van der Waals surface area (Å²) in [5.74, 6) is 1.71. The number of thioether (sulfide) groups is 4. The summed E-state index contributed by atoms with van der Waals surface area (Å²) >= 11 is 7.40. The van der Waals surface area contributed by atoms with Gasteiger partial charge in [0.1, 0.15) is 34.6 Å². The number of fused-ring (bicyclic) bond motifs is 6. The number of ether oxygens (including phenoxy) is 2. The first-order valence-electron chi connectivity index (χ1n) is 32.1. The molecule has 0 aliphatic rings. The quantitative estimate of drug-likeness (QED) is 0.0514. The molecule has 0 atom stereocenters. The first kappa shape index (κ1) is 67.7. The van der Waals surface area contributed by atoms with Crippen LogP contribution in [0.5, 0.6) is 23.0 Å². The third-order valence-corrected chi connectivity index (χ3v) is 25.2. The zero-order valence-corrected chi connectivity index (χ0v) is 60.2. The predicted molar refractivity (Wildman–Crippen MR) is 389 cm³/mol. The molecule has 12 heteroatoms. The van der Waals surface area contributed by atoms with Crippen LogP contribution in [0.2, 0.25) is 0 Å². The van der Waals surface area contributed by atoms with Crippen LogP contribution in [0.3, 0.4) is 0 Å². The smallest absolute Gasteiger partial charge is 0.147 e. The van der Waals surface area contributed by atoms with E-state index in [1.807, 2.05) is 99.0 Å². The molecule has 0 spiro atoms. The minimum Gasteiger partial charge on any atom is -0.505 e. The molecule has 0 fully saturated rings. The lowest BCUT2D eigenvalue weighted by molar-refractivity contribution is 0.246. The van der Waals surface area contributed by atoms with Crippen LogP contribution in [0.4, 0.5) is 8.78 Å². The summed E-state index contributed by atoms with van der Waals surface area (Å²) in [4.78, 5) is 4.52. The summed E-state index contributed by atoms with van der Waals surface area (Å²) in [6, 6.07) is 40.3. The summed E-state index contributed by atoms with van der Waals surface area (Å²) in [7, 11) is 0. The van der Waals surface area contributed by atoms with Gasteiger partial charge in [0.05, 0.1) is 46.7 Å². The molecule has 0 saturated carbocycles. The van der Waals surface area contributed by atoms with Crippen molar-refractivity contribution in [3.05, 3.63) is 155 Å². The van der Waals surface area contributed by atoms with Crippen LogP contribution in [0.25, 0.3) is 77.2 Å². The number of phenolic OH excluding ortho intramolecular Hbond substituents is 2. The zero-order chi connectivity index (χ0) is 66.1.